The number of hydrogen-bond acceptors (Lipinski definition) is 3. The standard InChI is InChI=1S/C10H8N2O2/c1-2-10(9(13)14,7-3-4-7)8(5-11)6-12/h1,7-8H,3-4H2,(H,13,14). The van der Waals surface area contributed by atoms with Gasteiger partial charge < -0.3 is 5.11 Å². The quantitative estimate of drug-likeness (QED) is 0.662. The molecule has 1 N–H and O–H groups in total. The highest BCUT2D eigenvalue weighted by Crippen LogP contribution is 2.49. The van der Waals surface area contributed by atoms with Gasteiger partial charge in [-0.25, -0.2) is 0 Å². The van der Waals surface area contributed by atoms with E-state index < -0.39 is 17.3 Å². The van der Waals surface area contributed by atoms with Gasteiger partial charge in [0.05, 0.1) is 12.1 Å². The lowest BCUT2D eigenvalue weighted by Crippen LogP contribution is -2.38. The third kappa shape index (κ3) is 1.20. The van der Waals surface area contributed by atoms with Gasteiger partial charge in [0.15, 0.2) is 11.3 Å². The summed E-state index contributed by atoms with van der Waals surface area (Å²) >= 11 is 0. The van der Waals surface area contributed by atoms with Gasteiger partial charge in [-0.05, 0) is 18.8 Å². The van der Waals surface area contributed by atoms with E-state index in [-0.39, 0.29) is 5.92 Å². The lowest BCUT2D eigenvalue weighted by molar-refractivity contribution is -0.147. The van der Waals surface area contributed by atoms with E-state index in [4.69, 9.17) is 22.1 Å². The van der Waals surface area contributed by atoms with Gasteiger partial charge in [-0.1, -0.05) is 5.92 Å². The first-order chi connectivity index (χ1) is 6.63. The number of terminal acetylenes is 1. The monoisotopic (exact) mass is 188 g/mol. The van der Waals surface area contributed by atoms with Crippen molar-refractivity contribution in [3.8, 4) is 24.5 Å². The lowest BCUT2D eigenvalue weighted by Gasteiger charge is -2.23. The summed E-state index contributed by atoms with van der Waals surface area (Å²) in [6.07, 6.45) is 6.52. The van der Waals surface area contributed by atoms with E-state index in [1.807, 2.05) is 0 Å². The second-order valence-corrected chi connectivity index (χ2v) is 3.28. The Hall–Kier alpha value is -1.99. The van der Waals surface area contributed by atoms with Crippen molar-refractivity contribution in [3.63, 3.8) is 0 Å². The van der Waals surface area contributed by atoms with Crippen LogP contribution < -0.4 is 0 Å². The van der Waals surface area contributed by atoms with Crippen LogP contribution in [-0.4, -0.2) is 11.1 Å². The molecule has 1 unspecified atom stereocenters. The van der Waals surface area contributed by atoms with Crippen LogP contribution in [0, 0.1) is 52.3 Å². The van der Waals surface area contributed by atoms with Gasteiger partial charge in [-0.15, -0.1) is 6.42 Å². The minimum Gasteiger partial charge on any atom is -0.480 e. The Kier molecular flexibility index (Phi) is 2.45. The van der Waals surface area contributed by atoms with Gasteiger partial charge >= 0.3 is 5.97 Å². The third-order valence-corrected chi connectivity index (χ3v) is 2.53. The van der Waals surface area contributed by atoms with Gasteiger partial charge in [-0.2, -0.15) is 10.5 Å². The smallest absolute Gasteiger partial charge is 0.324 e. The number of carboxylic acids is 1. The number of nitrogens with zero attached hydrogens (tertiary/aromatic N) is 2. The van der Waals surface area contributed by atoms with Gasteiger partial charge in [0, 0.05) is 0 Å². The highest BCUT2D eigenvalue weighted by atomic mass is 16.4. The fourth-order valence-electron chi connectivity index (χ4n) is 1.57. The Morgan fingerprint density at radius 1 is 1.50 bits per heavy atom. The normalized spacial score (nSPS) is 18.7. The zero-order valence-corrected chi connectivity index (χ0v) is 7.40. The summed E-state index contributed by atoms with van der Waals surface area (Å²) in [5.74, 6) is -0.600. The van der Waals surface area contributed by atoms with Crippen LogP contribution in [0.15, 0.2) is 0 Å². The molecule has 0 amide bonds. The second kappa shape index (κ2) is 3.40. The van der Waals surface area contributed by atoms with Crippen molar-refractivity contribution in [2.75, 3.05) is 0 Å². The molecule has 0 spiro atoms. The first-order valence-electron chi connectivity index (χ1n) is 4.13. The van der Waals surface area contributed by atoms with Crippen LogP contribution in [-0.2, 0) is 4.79 Å². The Balaban J connectivity index is 3.17. The minimum absolute atomic E-state index is 0.228. The molecule has 1 atom stereocenters. The van der Waals surface area contributed by atoms with E-state index in [0.717, 1.165) is 0 Å². The molecular formula is C10H8N2O2. The van der Waals surface area contributed by atoms with Gasteiger partial charge in [0.2, 0.25) is 0 Å². The van der Waals surface area contributed by atoms with Crippen molar-refractivity contribution in [1.29, 1.82) is 10.5 Å². The highest BCUT2D eigenvalue weighted by molar-refractivity contribution is 5.81. The van der Waals surface area contributed by atoms with Crippen LogP contribution in [0.4, 0.5) is 0 Å². The van der Waals surface area contributed by atoms with Crippen molar-refractivity contribution in [3.05, 3.63) is 0 Å². The summed E-state index contributed by atoms with van der Waals surface area (Å²) in [6, 6.07) is 3.32. The number of hydrogen-bond donors (Lipinski definition) is 1. The lowest BCUT2D eigenvalue weighted by atomic mass is 9.73. The SMILES string of the molecule is C#CC(C(=O)O)(C(C#N)C#N)C1CC1. The molecule has 70 valence electrons. The molecule has 1 rings (SSSR count). The largest absolute Gasteiger partial charge is 0.480 e. The molecule has 1 aliphatic carbocycles. The summed E-state index contributed by atoms with van der Waals surface area (Å²) in [4.78, 5) is 11.0. The molecular weight excluding hydrogens is 180 g/mol. The van der Waals surface area contributed by atoms with Crippen LogP contribution in [0.2, 0.25) is 0 Å². The molecule has 0 aliphatic heterocycles. The average Bonchev–Trinajstić information content (AvgIpc) is 2.97. The molecule has 0 radical (unpaired) electrons. The fraction of sp³-hybridized carbons (Fsp3) is 0.500. The molecule has 1 fully saturated rings. The fourth-order valence-corrected chi connectivity index (χ4v) is 1.57. The van der Waals surface area contributed by atoms with E-state index in [9.17, 15) is 4.79 Å². The number of nitriles is 2. The highest BCUT2D eigenvalue weighted by Gasteiger charge is 2.56. The summed E-state index contributed by atoms with van der Waals surface area (Å²) in [5.41, 5.74) is -1.61. The second-order valence-electron chi connectivity index (χ2n) is 3.28. The predicted molar refractivity (Wildman–Crippen MR) is 46.3 cm³/mol. The summed E-state index contributed by atoms with van der Waals surface area (Å²) < 4.78 is 0. The van der Waals surface area contributed by atoms with Gasteiger partial charge in [0.25, 0.3) is 0 Å². The van der Waals surface area contributed by atoms with E-state index >= 15 is 0 Å². The molecule has 1 saturated carbocycles. The number of carboxylic acid groups (broad SMARTS) is 1. The van der Waals surface area contributed by atoms with Crippen LogP contribution in [0.3, 0.4) is 0 Å². The Morgan fingerprint density at radius 2 is 2.00 bits per heavy atom. The minimum atomic E-state index is -1.61. The van der Waals surface area contributed by atoms with Crippen LogP contribution in [0.25, 0.3) is 0 Å². The van der Waals surface area contributed by atoms with Crippen molar-refractivity contribution in [1.82, 2.24) is 0 Å². The Morgan fingerprint density at radius 3 is 2.21 bits per heavy atom. The molecule has 14 heavy (non-hydrogen) atoms. The van der Waals surface area contributed by atoms with Gasteiger partial charge in [-0.3, -0.25) is 4.79 Å². The van der Waals surface area contributed by atoms with Gasteiger partial charge in [0.1, 0.15) is 0 Å². The molecule has 1 aliphatic rings. The maximum absolute atomic E-state index is 11.0. The molecule has 0 saturated heterocycles. The number of rotatable bonds is 3. The molecule has 4 nitrogen and oxygen atoms in total. The van der Waals surface area contributed by atoms with Crippen molar-refractivity contribution in [2.24, 2.45) is 17.3 Å². The molecule has 0 aromatic rings. The number of carbonyl (C=O) groups is 1. The first-order valence-corrected chi connectivity index (χ1v) is 4.13. The van der Waals surface area contributed by atoms with E-state index in [1.165, 1.54) is 0 Å². The topological polar surface area (TPSA) is 84.9 Å². The van der Waals surface area contributed by atoms with Crippen molar-refractivity contribution < 1.29 is 9.90 Å². The predicted octanol–water partition coefficient (Wildman–Crippen LogP) is 0.764. The first kappa shape index (κ1) is 10.1. The van der Waals surface area contributed by atoms with E-state index in [1.54, 1.807) is 12.1 Å². The zero-order valence-electron chi connectivity index (χ0n) is 7.40. The van der Waals surface area contributed by atoms with Crippen molar-refractivity contribution >= 4 is 5.97 Å². The molecule has 0 aromatic carbocycles. The molecule has 0 aromatic heterocycles. The third-order valence-electron chi connectivity index (χ3n) is 2.53. The Bertz CT molecular complexity index is 364. The van der Waals surface area contributed by atoms with Crippen LogP contribution in [0.5, 0.6) is 0 Å². The average molecular weight is 188 g/mol. The molecule has 4 heteroatoms. The summed E-state index contributed by atoms with van der Waals surface area (Å²) in [6.45, 7) is 0. The van der Waals surface area contributed by atoms with E-state index in [0.29, 0.717) is 12.8 Å². The van der Waals surface area contributed by atoms with Crippen LogP contribution in [0.1, 0.15) is 12.8 Å². The molecule has 0 bridgehead atoms. The summed E-state index contributed by atoms with van der Waals surface area (Å²) in [7, 11) is 0. The Labute approximate surface area is 81.8 Å². The summed E-state index contributed by atoms with van der Waals surface area (Å²) in [5, 5.41) is 26.4. The van der Waals surface area contributed by atoms with Crippen LogP contribution >= 0.6 is 0 Å². The van der Waals surface area contributed by atoms with E-state index in [2.05, 4.69) is 5.92 Å². The maximum atomic E-state index is 11.0. The number of aliphatic carboxylic acids is 1. The zero-order chi connectivity index (χ0) is 10.8. The van der Waals surface area contributed by atoms with Crippen molar-refractivity contribution in [2.45, 2.75) is 12.8 Å². The molecule has 0 heterocycles. The maximum Gasteiger partial charge on any atom is 0.324 e.